The van der Waals surface area contributed by atoms with Gasteiger partial charge in [0, 0.05) is 21.8 Å². The van der Waals surface area contributed by atoms with E-state index in [9.17, 15) is 4.79 Å². The van der Waals surface area contributed by atoms with Gasteiger partial charge in [-0.1, -0.05) is 30.2 Å². The molecule has 0 atom stereocenters. The van der Waals surface area contributed by atoms with Crippen molar-refractivity contribution in [1.82, 2.24) is 5.43 Å². The van der Waals surface area contributed by atoms with Crippen molar-refractivity contribution >= 4 is 28.9 Å². The molecule has 0 aliphatic carbocycles. The molecule has 0 saturated carbocycles. The van der Waals surface area contributed by atoms with Gasteiger partial charge in [0.1, 0.15) is 0 Å². The van der Waals surface area contributed by atoms with Gasteiger partial charge in [-0.2, -0.15) is 5.10 Å². The van der Waals surface area contributed by atoms with E-state index in [0.29, 0.717) is 22.7 Å². The van der Waals surface area contributed by atoms with Gasteiger partial charge in [0.05, 0.1) is 5.71 Å². The van der Waals surface area contributed by atoms with E-state index in [1.807, 2.05) is 32.0 Å². The molecule has 22 heavy (non-hydrogen) atoms. The summed E-state index contributed by atoms with van der Waals surface area (Å²) in [5.41, 5.74) is 12.4. The molecular formula is C17H18ClN3O. The van der Waals surface area contributed by atoms with Crippen LogP contribution in [0.5, 0.6) is 0 Å². The van der Waals surface area contributed by atoms with Crippen molar-refractivity contribution < 1.29 is 4.79 Å². The first-order valence-corrected chi connectivity index (χ1v) is 7.38. The maximum absolute atomic E-state index is 12.1. The zero-order valence-corrected chi connectivity index (χ0v) is 13.3. The zero-order chi connectivity index (χ0) is 16.1. The molecule has 0 spiro atoms. The Balaban J connectivity index is 2.20. The monoisotopic (exact) mass is 315 g/mol. The maximum Gasteiger partial charge on any atom is 0.271 e. The third-order valence-electron chi connectivity index (χ3n) is 3.25. The topological polar surface area (TPSA) is 67.5 Å². The third-order valence-corrected chi connectivity index (χ3v) is 3.51. The Morgan fingerprint density at radius 2 is 1.91 bits per heavy atom. The first-order valence-electron chi connectivity index (χ1n) is 7.00. The summed E-state index contributed by atoms with van der Waals surface area (Å²) >= 11 is 5.81. The summed E-state index contributed by atoms with van der Waals surface area (Å²) in [6.07, 6.45) is 0.661. The summed E-state index contributed by atoms with van der Waals surface area (Å²) in [4.78, 5) is 12.1. The number of hydrogen-bond donors (Lipinski definition) is 2. The molecule has 0 saturated heterocycles. The van der Waals surface area contributed by atoms with E-state index < -0.39 is 0 Å². The van der Waals surface area contributed by atoms with E-state index in [-0.39, 0.29) is 5.91 Å². The van der Waals surface area contributed by atoms with Crippen LogP contribution in [0.4, 0.5) is 5.69 Å². The predicted octanol–water partition coefficient (Wildman–Crippen LogP) is 3.77. The van der Waals surface area contributed by atoms with Crippen molar-refractivity contribution in [2.45, 2.75) is 20.3 Å². The van der Waals surface area contributed by atoms with Crippen LogP contribution in [0.15, 0.2) is 47.6 Å². The summed E-state index contributed by atoms with van der Waals surface area (Å²) in [5, 5.41) is 4.80. The lowest BCUT2D eigenvalue weighted by molar-refractivity contribution is 0.0955. The molecule has 0 radical (unpaired) electrons. The van der Waals surface area contributed by atoms with Gasteiger partial charge in [-0.3, -0.25) is 4.79 Å². The molecule has 4 nitrogen and oxygen atoms in total. The number of carbonyl (C=O) groups is 1. The molecule has 0 unspecified atom stereocenters. The zero-order valence-electron chi connectivity index (χ0n) is 12.6. The summed E-state index contributed by atoms with van der Waals surface area (Å²) < 4.78 is 0. The highest BCUT2D eigenvalue weighted by molar-refractivity contribution is 6.30. The molecule has 2 aromatic rings. The molecule has 3 N–H and O–H groups in total. The molecule has 2 rings (SSSR count). The Kier molecular flexibility index (Phi) is 5.17. The van der Waals surface area contributed by atoms with E-state index >= 15 is 0 Å². The fraction of sp³-hybridized carbons (Fsp3) is 0.176. The Morgan fingerprint density at radius 1 is 1.23 bits per heavy atom. The standard InChI is InChI=1S/C17H18ClN3O/c1-3-16(14-10-11(2)4-9-15(14)19)20-21-17(22)12-5-7-13(18)8-6-12/h4-10H,3,19H2,1-2H3,(H,21,22)/b20-16+. The number of aryl methyl sites for hydroxylation is 1. The Labute approximate surface area is 135 Å². The number of rotatable bonds is 4. The van der Waals surface area contributed by atoms with Crippen LogP contribution in [-0.2, 0) is 0 Å². The smallest absolute Gasteiger partial charge is 0.271 e. The van der Waals surface area contributed by atoms with Crippen LogP contribution in [-0.4, -0.2) is 11.6 Å². The van der Waals surface area contributed by atoms with Crippen molar-refractivity contribution in [3.05, 3.63) is 64.2 Å². The second kappa shape index (κ2) is 7.09. The number of anilines is 1. The Morgan fingerprint density at radius 3 is 2.55 bits per heavy atom. The molecule has 2 aromatic carbocycles. The lowest BCUT2D eigenvalue weighted by Gasteiger charge is -2.09. The van der Waals surface area contributed by atoms with Gasteiger partial charge in [-0.15, -0.1) is 0 Å². The first-order chi connectivity index (χ1) is 10.5. The van der Waals surface area contributed by atoms with Crippen LogP contribution >= 0.6 is 11.6 Å². The summed E-state index contributed by atoms with van der Waals surface area (Å²) in [6.45, 7) is 3.96. The van der Waals surface area contributed by atoms with Gasteiger partial charge in [0.25, 0.3) is 5.91 Å². The number of nitrogens with two attached hydrogens (primary N) is 1. The summed E-state index contributed by atoms with van der Waals surface area (Å²) in [5.74, 6) is -0.283. The molecule has 0 aliphatic heterocycles. The average Bonchev–Trinajstić information content (AvgIpc) is 2.51. The normalized spacial score (nSPS) is 11.3. The number of nitrogen functional groups attached to an aromatic ring is 1. The van der Waals surface area contributed by atoms with E-state index in [1.165, 1.54) is 0 Å². The Hall–Kier alpha value is -2.33. The second-order valence-corrected chi connectivity index (χ2v) is 5.39. The minimum Gasteiger partial charge on any atom is -0.398 e. The van der Waals surface area contributed by atoms with Crippen molar-refractivity contribution in [3.63, 3.8) is 0 Å². The van der Waals surface area contributed by atoms with Crippen LogP contribution in [0.25, 0.3) is 0 Å². The number of hydrazone groups is 1. The SMILES string of the molecule is CC/C(=N\NC(=O)c1ccc(Cl)cc1)c1cc(C)ccc1N. The Bertz CT molecular complexity index is 708. The number of carbonyl (C=O) groups excluding carboxylic acids is 1. The summed E-state index contributed by atoms with van der Waals surface area (Å²) in [7, 11) is 0. The average molecular weight is 316 g/mol. The highest BCUT2D eigenvalue weighted by Crippen LogP contribution is 2.16. The fourth-order valence-electron chi connectivity index (χ4n) is 2.03. The van der Waals surface area contributed by atoms with E-state index in [4.69, 9.17) is 17.3 Å². The minimum absolute atomic E-state index is 0.283. The number of benzene rings is 2. The largest absolute Gasteiger partial charge is 0.398 e. The van der Waals surface area contributed by atoms with Gasteiger partial charge in [-0.25, -0.2) is 5.43 Å². The first kappa shape index (κ1) is 16.0. The molecule has 0 bridgehead atoms. The van der Waals surface area contributed by atoms with E-state index in [2.05, 4.69) is 10.5 Å². The van der Waals surface area contributed by atoms with Gasteiger partial charge >= 0.3 is 0 Å². The van der Waals surface area contributed by atoms with Crippen molar-refractivity contribution in [2.24, 2.45) is 5.10 Å². The number of hydrogen-bond acceptors (Lipinski definition) is 3. The predicted molar refractivity (Wildman–Crippen MR) is 91.3 cm³/mol. The van der Waals surface area contributed by atoms with E-state index in [0.717, 1.165) is 16.8 Å². The maximum atomic E-state index is 12.1. The molecule has 0 aliphatic rings. The van der Waals surface area contributed by atoms with Gasteiger partial charge in [0.15, 0.2) is 0 Å². The fourth-order valence-corrected chi connectivity index (χ4v) is 2.16. The number of halogens is 1. The van der Waals surface area contributed by atoms with Gasteiger partial charge in [0.2, 0.25) is 0 Å². The van der Waals surface area contributed by atoms with Crippen molar-refractivity contribution in [1.29, 1.82) is 0 Å². The van der Waals surface area contributed by atoms with Crippen LogP contribution in [0.1, 0.15) is 34.8 Å². The van der Waals surface area contributed by atoms with Crippen molar-refractivity contribution in [3.8, 4) is 0 Å². The highest BCUT2D eigenvalue weighted by atomic mass is 35.5. The molecule has 114 valence electrons. The van der Waals surface area contributed by atoms with Gasteiger partial charge in [-0.05, 0) is 49.7 Å². The van der Waals surface area contributed by atoms with Crippen LogP contribution in [0, 0.1) is 6.92 Å². The minimum atomic E-state index is -0.283. The second-order valence-electron chi connectivity index (χ2n) is 4.95. The van der Waals surface area contributed by atoms with Gasteiger partial charge < -0.3 is 5.73 Å². The molecule has 1 amide bonds. The van der Waals surface area contributed by atoms with Crippen LogP contribution in [0.3, 0.4) is 0 Å². The molecule has 0 aromatic heterocycles. The highest BCUT2D eigenvalue weighted by Gasteiger charge is 2.08. The summed E-state index contributed by atoms with van der Waals surface area (Å²) in [6, 6.07) is 12.4. The quantitative estimate of drug-likeness (QED) is 0.512. The van der Waals surface area contributed by atoms with Crippen LogP contribution < -0.4 is 11.2 Å². The molecule has 0 fully saturated rings. The number of amides is 1. The molecule has 0 heterocycles. The van der Waals surface area contributed by atoms with Crippen molar-refractivity contribution in [2.75, 3.05) is 5.73 Å². The van der Waals surface area contributed by atoms with Crippen LogP contribution in [0.2, 0.25) is 5.02 Å². The third kappa shape index (κ3) is 3.86. The molecular weight excluding hydrogens is 298 g/mol. The number of nitrogens with zero attached hydrogens (tertiary/aromatic N) is 1. The lowest BCUT2D eigenvalue weighted by Crippen LogP contribution is -2.20. The molecule has 5 heteroatoms. The number of nitrogens with one attached hydrogen (secondary N) is 1. The lowest BCUT2D eigenvalue weighted by atomic mass is 10.0. The van der Waals surface area contributed by atoms with E-state index in [1.54, 1.807) is 24.3 Å².